The topological polar surface area (TPSA) is 59.8 Å². The monoisotopic (exact) mass is 364 g/mol. The molecule has 3 aromatic rings. The quantitative estimate of drug-likeness (QED) is 0.772. The smallest absolute Gasteiger partial charge is 0.253 e. The first-order chi connectivity index (χ1) is 12.6. The Morgan fingerprint density at radius 3 is 2.92 bits per heavy atom. The second-order valence-electron chi connectivity index (χ2n) is 6.14. The Bertz CT molecular complexity index is 1020. The van der Waals surface area contributed by atoms with Crippen LogP contribution < -0.4 is 5.32 Å². The number of carbonyl (C=O) groups excluding carboxylic acids is 1. The molecule has 0 radical (unpaired) electrons. The average Bonchev–Trinajstić information content (AvgIpc) is 2.99. The van der Waals surface area contributed by atoms with E-state index >= 15 is 0 Å². The van der Waals surface area contributed by atoms with E-state index in [0.717, 1.165) is 34.6 Å². The Hall–Kier alpha value is -2.92. The van der Waals surface area contributed by atoms with Crippen molar-refractivity contribution >= 4 is 29.7 Å². The molecular weight excluding hydrogens is 348 g/mol. The van der Waals surface area contributed by atoms with Crippen molar-refractivity contribution in [2.45, 2.75) is 6.42 Å². The van der Waals surface area contributed by atoms with E-state index in [1.807, 2.05) is 60.2 Å². The Morgan fingerprint density at radius 2 is 2.12 bits per heavy atom. The third kappa shape index (κ3) is 3.13. The summed E-state index contributed by atoms with van der Waals surface area (Å²) in [6.45, 7) is 0.667. The second-order valence-corrected chi connectivity index (χ2v) is 6.58. The maximum atomic E-state index is 12.1. The van der Waals surface area contributed by atoms with Gasteiger partial charge in [0, 0.05) is 36.9 Å². The van der Waals surface area contributed by atoms with Gasteiger partial charge in [-0.25, -0.2) is 9.97 Å². The Balaban J connectivity index is 1.67. The van der Waals surface area contributed by atoms with Gasteiger partial charge in [0.15, 0.2) is 5.82 Å². The lowest BCUT2D eigenvalue weighted by Crippen LogP contribution is -2.31. The van der Waals surface area contributed by atoms with Crippen LogP contribution in [0.5, 0.6) is 0 Å². The number of nitrogens with one attached hydrogen (secondary N) is 1. The minimum Gasteiger partial charge on any atom is -0.352 e. The summed E-state index contributed by atoms with van der Waals surface area (Å²) in [5, 5.41) is 3.57. The summed E-state index contributed by atoms with van der Waals surface area (Å²) in [5.74, 6) is 0.578. The summed E-state index contributed by atoms with van der Waals surface area (Å²) in [4.78, 5) is 21.0. The molecule has 3 heterocycles. The predicted octanol–water partition coefficient (Wildman–Crippen LogP) is 3.59. The predicted molar refractivity (Wildman–Crippen MR) is 103 cm³/mol. The maximum Gasteiger partial charge on any atom is 0.253 e. The fourth-order valence-corrected chi connectivity index (χ4v) is 3.35. The van der Waals surface area contributed by atoms with E-state index in [0.29, 0.717) is 17.4 Å². The average molecular weight is 365 g/mol. The van der Waals surface area contributed by atoms with Gasteiger partial charge in [0.05, 0.1) is 17.0 Å². The van der Waals surface area contributed by atoms with Crippen LogP contribution in [0.1, 0.15) is 27.4 Å². The SMILES string of the molecule is Cn1c(-c2ccnc(/C=C/c3cccc(Cl)c3)n2)cc2c1CCNC2=O. The van der Waals surface area contributed by atoms with Gasteiger partial charge in [0.2, 0.25) is 0 Å². The molecule has 1 aromatic carbocycles. The zero-order valence-corrected chi connectivity index (χ0v) is 15.0. The first-order valence-electron chi connectivity index (χ1n) is 8.36. The number of hydrogen-bond donors (Lipinski definition) is 1. The second kappa shape index (κ2) is 6.77. The molecule has 130 valence electrons. The lowest BCUT2D eigenvalue weighted by Gasteiger charge is -2.14. The van der Waals surface area contributed by atoms with Gasteiger partial charge >= 0.3 is 0 Å². The molecule has 0 spiro atoms. The molecule has 26 heavy (non-hydrogen) atoms. The van der Waals surface area contributed by atoms with Gasteiger partial charge < -0.3 is 9.88 Å². The molecule has 5 nitrogen and oxygen atoms in total. The van der Waals surface area contributed by atoms with Gasteiger partial charge in [-0.3, -0.25) is 4.79 Å². The summed E-state index contributed by atoms with van der Waals surface area (Å²) in [7, 11) is 1.97. The van der Waals surface area contributed by atoms with Gasteiger partial charge in [0.1, 0.15) is 0 Å². The molecule has 0 fully saturated rings. The van der Waals surface area contributed by atoms with Crippen molar-refractivity contribution in [2.24, 2.45) is 7.05 Å². The standard InChI is InChI=1S/C20H17ClN4O/c1-25-17-8-10-23-20(26)15(17)12-18(25)16-7-9-22-19(24-16)6-5-13-3-2-4-14(21)11-13/h2-7,9,11-12H,8,10H2,1H3,(H,23,26)/b6-5+. The largest absolute Gasteiger partial charge is 0.352 e. The Kier molecular flexibility index (Phi) is 4.31. The van der Waals surface area contributed by atoms with Crippen LogP contribution in [0.25, 0.3) is 23.5 Å². The summed E-state index contributed by atoms with van der Waals surface area (Å²) in [6.07, 6.45) is 6.33. The number of nitrogens with zero attached hydrogens (tertiary/aromatic N) is 3. The highest BCUT2D eigenvalue weighted by molar-refractivity contribution is 6.30. The Morgan fingerprint density at radius 1 is 1.23 bits per heavy atom. The molecule has 1 aliphatic heterocycles. The van der Waals surface area contributed by atoms with Crippen molar-refractivity contribution in [3.63, 3.8) is 0 Å². The van der Waals surface area contributed by atoms with Crippen LogP contribution >= 0.6 is 11.6 Å². The molecule has 2 aromatic heterocycles. The summed E-state index contributed by atoms with van der Waals surface area (Å²) in [6, 6.07) is 11.3. The molecular formula is C20H17ClN4O. The number of amides is 1. The third-order valence-corrected chi connectivity index (χ3v) is 4.70. The molecule has 1 aliphatic rings. The fraction of sp³-hybridized carbons (Fsp3) is 0.150. The lowest BCUT2D eigenvalue weighted by atomic mass is 10.1. The van der Waals surface area contributed by atoms with Gasteiger partial charge in [0.25, 0.3) is 5.91 Å². The maximum absolute atomic E-state index is 12.1. The van der Waals surface area contributed by atoms with E-state index in [4.69, 9.17) is 11.6 Å². The highest BCUT2D eigenvalue weighted by Gasteiger charge is 2.23. The first kappa shape index (κ1) is 16.5. The fourth-order valence-electron chi connectivity index (χ4n) is 3.16. The van der Waals surface area contributed by atoms with E-state index in [-0.39, 0.29) is 5.91 Å². The molecule has 0 atom stereocenters. The minimum atomic E-state index is -0.0248. The molecule has 0 saturated heterocycles. The normalized spacial score (nSPS) is 13.7. The number of hydrogen-bond acceptors (Lipinski definition) is 3. The number of aromatic nitrogens is 3. The van der Waals surface area contributed by atoms with Crippen LogP contribution in [0, 0.1) is 0 Å². The third-order valence-electron chi connectivity index (χ3n) is 4.46. The van der Waals surface area contributed by atoms with Crippen LogP contribution in [0.3, 0.4) is 0 Å². The molecule has 6 heteroatoms. The number of halogens is 1. The van der Waals surface area contributed by atoms with Crippen LogP contribution in [0.15, 0.2) is 42.6 Å². The number of fused-ring (bicyclic) bond motifs is 1. The highest BCUT2D eigenvalue weighted by Crippen LogP contribution is 2.26. The van der Waals surface area contributed by atoms with Crippen molar-refractivity contribution in [3.8, 4) is 11.4 Å². The van der Waals surface area contributed by atoms with Crippen LogP contribution in [0.2, 0.25) is 5.02 Å². The van der Waals surface area contributed by atoms with E-state index in [1.54, 1.807) is 6.20 Å². The molecule has 0 aliphatic carbocycles. The van der Waals surface area contributed by atoms with Crippen molar-refractivity contribution in [3.05, 3.63) is 70.3 Å². The van der Waals surface area contributed by atoms with Crippen LogP contribution in [-0.4, -0.2) is 27.0 Å². The number of rotatable bonds is 3. The molecule has 0 bridgehead atoms. The summed E-state index contributed by atoms with van der Waals surface area (Å²) < 4.78 is 2.04. The van der Waals surface area contributed by atoms with E-state index in [9.17, 15) is 4.79 Å². The molecule has 1 N–H and O–H groups in total. The van der Waals surface area contributed by atoms with Crippen LogP contribution in [-0.2, 0) is 13.5 Å². The van der Waals surface area contributed by atoms with Gasteiger partial charge in [-0.2, -0.15) is 0 Å². The van der Waals surface area contributed by atoms with Crippen LogP contribution in [0.4, 0.5) is 0 Å². The van der Waals surface area contributed by atoms with Gasteiger partial charge in [-0.05, 0) is 35.9 Å². The van der Waals surface area contributed by atoms with E-state index in [1.165, 1.54) is 0 Å². The van der Waals surface area contributed by atoms with Gasteiger partial charge in [-0.1, -0.05) is 29.8 Å². The summed E-state index contributed by atoms with van der Waals surface area (Å²) >= 11 is 6.01. The van der Waals surface area contributed by atoms with Crippen molar-refractivity contribution < 1.29 is 4.79 Å². The molecule has 1 amide bonds. The highest BCUT2D eigenvalue weighted by atomic mass is 35.5. The van der Waals surface area contributed by atoms with Crippen molar-refractivity contribution in [2.75, 3.05) is 6.54 Å². The van der Waals surface area contributed by atoms with Crippen molar-refractivity contribution in [1.82, 2.24) is 19.9 Å². The molecule has 0 saturated carbocycles. The zero-order chi connectivity index (χ0) is 18.1. The van der Waals surface area contributed by atoms with E-state index in [2.05, 4.69) is 15.3 Å². The van der Waals surface area contributed by atoms with Crippen molar-refractivity contribution in [1.29, 1.82) is 0 Å². The van der Waals surface area contributed by atoms with Gasteiger partial charge in [-0.15, -0.1) is 0 Å². The Labute approximate surface area is 156 Å². The number of carbonyl (C=O) groups is 1. The summed E-state index contributed by atoms with van der Waals surface area (Å²) in [5.41, 5.74) is 4.45. The molecule has 0 unspecified atom stereocenters. The number of benzene rings is 1. The lowest BCUT2D eigenvalue weighted by molar-refractivity contribution is 0.0945. The van der Waals surface area contributed by atoms with E-state index < -0.39 is 0 Å². The minimum absolute atomic E-state index is 0.0248. The molecule has 4 rings (SSSR count). The first-order valence-corrected chi connectivity index (χ1v) is 8.73. The zero-order valence-electron chi connectivity index (χ0n) is 14.2.